The molecule has 0 aromatic heterocycles. The Morgan fingerprint density at radius 2 is 0.909 bits per heavy atom. The molecule has 1 aliphatic heterocycles. The summed E-state index contributed by atoms with van der Waals surface area (Å²) in [4.78, 5) is 0. The lowest BCUT2D eigenvalue weighted by Crippen LogP contribution is -2.46. The Kier molecular flexibility index (Phi) is 1.46. The third kappa shape index (κ3) is 0.916. The van der Waals surface area contributed by atoms with E-state index in [-0.39, 0.29) is 16.5 Å². The van der Waals surface area contributed by atoms with Crippen molar-refractivity contribution in [2.45, 2.75) is 52.6 Å². The largest absolute Gasteiger partial charge is 0.187 e. The minimum atomic E-state index is -0.0174. The Morgan fingerprint density at radius 3 is 1.00 bits per heavy atom. The zero-order valence-corrected chi connectivity index (χ0v) is 8.39. The molecule has 0 amide bonds. The molecule has 1 heterocycles. The average molecular weight is 154 g/mol. The lowest BCUT2D eigenvalue weighted by Gasteiger charge is -2.39. The van der Waals surface area contributed by atoms with Crippen LogP contribution in [-0.2, 0) is 0 Å². The van der Waals surface area contributed by atoms with Gasteiger partial charge in [-0.2, -0.15) is 10.2 Å². The Morgan fingerprint density at radius 1 is 0.636 bits per heavy atom. The number of hydrogen-bond donors (Lipinski definition) is 0. The molecule has 0 unspecified atom stereocenters. The molecule has 0 saturated carbocycles. The fourth-order valence-electron chi connectivity index (χ4n) is 1.25. The van der Waals surface area contributed by atoms with Crippen LogP contribution in [0.25, 0.3) is 0 Å². The van der Waals surface area contributed by atoms with Crippen molar-refractivity contribution < 1.29 is 0 Å². The summed E-state index contributed by atoms with van der Waals surface area (Å²) in [7, 11) is 0. The van der Waals surface area contributed by atoms with Crippen LogP contribution in [0.3, 0.4) is 0 Å². The first-order valence-electron chi connectivity index (χ1n) is 4.15. The van der Waals surface area contributed by atoms with Gasteiger partial charge in [-0.05, 0) is 27.7 Å². The van der Waals surface area contributed by atoms with Crippen LogP contribution in [0.4, 0.5) is 0 Å². The molecule has 2 heteroatoms. The summed E-state index contributed by atoms with van der Waals surface area (Å²) >= 11 is 0. The lowest BCUT2D eigenvalue weighted by atomic mass is 9.65. The summed E-state index contributed by atoms with van der Waals surface area (Å²) in [5.74, 6) is 0. The van der Waals surface area contributed by atoms with E-state index in [4.69, 9.17) is 0 Å². The van der Waals surface area contributed by atoms with E-state index >= 15 is 0 Å². The molecule has 64 valence electrons. The van der Waals surface area contributed by atoms with Crippen molar-refractivity contribution in [2.75, 3.05) is 0 Å². The maximum Gasteiger partial charge on any atom is 0.0834 e. The Bertz CT molecular complexity index is 180. The summed E-state index contributed by atoms with van der Waals surface area (Å²) in [5.41, 5.74) is 0.118. The highest BCUT2D eigenvalue weighted by Gasteiger charge is 2.53. The van der Waals surface area contributed by atoms with E-state index in [9.17, 15) is 0 Å². The zero-order valence-electron chi connectivity index (χ0n) is 8.39. The number of hydrogen-bond acceptors (Lipinski definition) is 2. The van der Waals surface area contributed by atoms with E-state index in [1.807, 2.05) is 0 Å². The molecule has 0 fully saturated rings. The van der Waals surface area contributed by atoms with Crippen molar-refractivity contribution in [1.29, 1.82) is 0 Å². The molecule has 1 rings (SSSR count). The average Bonchev–Trinajstić information content (AvgIpc) is 1.93. The highest BCUT2D eigenvalue weighted by atomic mass is 15.3. The minimum absolute atomic E-state index is 0.0174. The first kappa shape index (κ1) is 8.69. The second-order valence-corrected chi connectivity index (χ2v) is 4.94. The molecule has 0 bridgehead atoms. The van der Waals surface area contributed by atoms with Crippen LogP contribution in [0.1, 0.15) is 41.5 Å². The summed E-state index contributed by atoms with van der Waals surface area (Å²) < 4.78 is 0. The van der Waals surface area contributed by atoms with Gasteiger partial charge in [0.2, 0.25) is 0 Å². The van der Waals surface area contributed by atoms with Gasteiger partial charge < -0.3 is 0 Å². The van der Waals surface area contributed by atoms with Crippen molar-refractivity contribution in [1.82, 2.24) is 0 Å². The molecule has 0 aliphatic carbocycles. The molecule has 0 saturated heterocycles. The van der Waals surface area contributed by atoms with Gasteiger partial charge in [-0.15, -0.1) is 0 Å². The van der Waals surface area contributed by atoms with E-state index in [1.54, 1.807) is 0 Å². The molecule has 11 heavy (non-hydrogen) atoms. The Balaban J connectivity index is 3.09. The second-order valence-electron chi connectivity index (χ2n) is 4.94. The molecular formula is C9H18N2. The van der Waals surface area contributed by atoms with E-state index in [0.717, 1.165) is 0 Å². The summed E-state index contributed by atoms with van der Waals surface area (Å²) in [5, 5.41) is 8.60. The van der Waals surface area contributed by atoms with E-state index in [1.165, 1.54) is 0 Å². The maximum atomic E-state index is 4.30. The molecule has 0 aromatic rings. The molecule has 0 N–H and O–H groups in total. The van der Waals surface area contributed by atoms with Crippen LogP contribution < -0.4 is 0 Å². The van der Waals surface area contributed by atoms with E-state index < -0.39 is 0 Å². The third-order valence-corrected chi connectivity index (χ3v) is 3.61. The minimum Gasteiger partial charge on any atom is -0.187 e. The van der Waals surface area contributed by atoms with Crippen molar-refractivity contribution in [3.05, 3.63) is 0 Å². The van der Waals surface area contributed by atoms with E-state index in [0.29, 0.717) is 0 Å². The summed E-state index contributed by atoms with van der Waals surface area (Å²) in [6.07, 6.45) is 0. The van der Waals surface area contributed by atoms with Gasteiger partial charge in [0.15, 0.2) is 0 Å². The number of rotatable bonds is 0. The topological polar surface area (TPSA) is 24.7 Å². The fraction of sp³-hybridized carbons (Fsp3) is 1.00. The predicted octanol–water partition coefficient (Wildman–Crippen LogP) is 3.04. The highest BCUT2D eigenvalue weighted by Crippen LogP contribution is 2.50. The van der Waals surface area contributed by atoms with Crippen molar-refractivity contribution >= 4 is 0 Å². The van der Waals surface area contributed by atoms with Crippen molar-refractivity contribution in [2.24, 2.45) is 15.6 Å². The lowest BCUT2D eigenvalue weighted by molar-refractivity contribution is 0.152. The molecule has 1 aliphatic rings. The SMILES string of the molecule is CC1(C)N=NC(C)(C)C1(C)C. The van der Waals surface area contributed by atoms with Gasteiger partial charge >= 0.3 is 0 Å². The summed E-state index contributed by atoms with van der Waals surface area (Å²) in [6.45, 7) is 13.0. The molecule has 0 atom stereocenters. The van der Waals surface area contributed by atoms with Gasteiger partial charge in [-0.25, -0.2) is 0 Å². The standard InChI is InChI=1S/C9H18N2/c1-7(2)8(3,4)10-11-9(7,5)6/h1-6H3. The molecular weight excluding hydrogens is 136 g/mol. The first-order valence-corrected chi connectivity index (χ1v) is 4.15. The summed E-state index contributed by atoms with van der Waals surface area (Å²) in [6, 6.07) is 0. The monoisotopic (exact) mass is 154 g/mol. The van der Waals surface area contributed by atoms with Crippen LogP contribution in [-0.4, -0.2) is 11.1 Å². The van der Waals surface area contributed by atoms with Crippen LogP contribution >= 0.6 is 0 Å². The normalized spacial score (nSPS) is 30.7. The predicted molar refractivity (Wildman–Crippen MR) is 46.8 cm³/mol. The van der Waals surface area contributed by atoms with Crippen LogP contribution in [0.15, 0.2) is 10.2 Å². The van der Waals surface area contributed by atoms with Crippen LogP contribution in [0.2, 0.25) is 0 Å². The maximum absolute atomic E-state index is 4.30. The van der Waals surface area contributed by atoms with Gasteiger partial charge in [-0.1, -0.05) is 13.8 Å². The van der Waals surface area contributed by atoms with Crippen LogP contribution in [0, 0.1) is 5.41 Å². The van der Waals surface area contributed by atoms with Gasteiger partial charge in [0.1, 0.15) is 0 Å². The zero-order chi connectivity index (χ0) is 8.91. The van der Waals surface area contributed by atoms with Crippen molar-refractivity contribution in [3.63, 3.8) is 0 Å². The van der Waals surface area contributed by atoms with Gasteiger partial charge in [0.25, 0.3) is 0 Å². The Labute approximate surface area is 69.1 Å². The number of nitrogens with zero attached hydrogens (tertiary/aromatic N) is 2. The van der Waals surface area contributed by atoms with Crippen LogP contribution in [0.5, 0.6) is 0 Å². The van der Waals surface area contributed by atoms with E-state index in [2.05, 4.69) is 51.8 Å². The fourth-order valence-corrected chi connectivity index (χ4v) is 1.25. The molecule has 0 radical (unpaired) electrons. The first-order chi connectivity index (χ1) is 4.71. The molecule has 2 nitrogen and oxygen atoms in total. The van der Waals surface area contributed by atoms with Gasteiger partial charge in [0, 0.05) is 5.41 Å². The van der Waals surface area contributed by atoms with Gasteiger partial charge in [0.05, 0.1) is 11.1 Å². The van der Waals surface area contributed by atoms with Crippen molar-refractivity contribution in [3.8, 4) is 0 Å². The smallest absolute Gasteiger partial charge is 0.0834 e. The Hall–Kier alpha value is -0.400. The molecule has 0 aromatic carbocycles. The third-order valence-electron chi connectivity index (χ3n) is 3.61. The molecule has 0 spiro atoms. The van der Waals surface area contributed by atoms with Gasteiger partial charge in [-0.3, -0.25) is 0 Å². The second kappa shape index (κ2) is 1.85. The number of azo groups is 1. The quantitative estimate of drug-likeness (QED) is 0.512. The highest BCUT2D eigenvalue weighted by molar-refractivity contribution is 5.09.